The van der Waals surface area contributed by atoms with Gasteiger partial charge >= 0.3 is 15.5 Å². The molecule has 1 N–H and O–H groups in total. The highest BCUT2D eigenvalue weighted by Gasteiger charge is 2.46. The van der Waals surface area contributed by atoms with Gasteiger partial charge in [-0.3, -0.25) is 4.72 Å². The molecule has 0 amide bonds. The molecule has 0 bridgehead atoms. The van der Waals surface area contributed by atoms with Crippen molar-refractivity contribution in [1.29, 1.82) is 0 Å². The van der Waals surface area contributed by atoms with E-state index in [9.17, 15) is 21.6 Å². The van der Waals surface area contributed by atoms with Crippen LogP contribution in [0.2, 0.25) is 0 Å². The molecule has 160 valence electrons. The lowest BCUT2D eigenvalue weighted by Gasteiger charge is -2.11. The van der Waals surface area contributed by atoms with Crippen LogP contribution in [0, 0.1) is 6.92 Å². The summed E-state index contributed by atoms with van der Waals surface area (Å²) >= 11 is 0. The first-order valence-electron chi connectivity index (χ1n) is 8.52. The van der Waals surface area contributed by atoms with Crippen molar-refractivity contribution in [2.45, 2.75) is 19.0 Å². The molecule has 3 rings (SSSR count). The number of halogens is 3. The van der Waals surface area contributed by atoms with Crippen molar-refractivity contribution in [1.82, 2.24) is 4.98 Å². The molecule has 2 aromatic carbocycles. The monoisotopic (exact) mass is 442 g/mol. The smallest absolute Gasteiger partial charge is 0.497 e. The number of alkyl halides is 3. The van der Waals surface area contributed by atoms with Gasteiger partial charge in [-0.05, 0) is 43.3 Å². The summed E-state index contributed by atoms with van der Waals surface area (Å²) in [6.45, 7) is 1.67. The standard InChI is InChI=1S/C19H17F3N2O5S/c1-12-17(23-18(29-12)13-6-8-15(27-2)9-7-13)11-28-16-5-3-4-14(10-16)24-30(25,26)19(20,21)22/h3-10,24H,11H2,1-2H3. The van der Waals surface area contributed by atoms with E-state index in [0.717, 1.165) is 11.6 Å². The van der Waals surface area contributed by atoms with Gasteiger partial charge < -0.3 is 13.9 Å². The molecule has 0 aliphatic carbocycles. The maximum absolute atomic E-state index is 12.5. The van der Waals surface area contributed by atoms with Crippen LogP contribution in [0.25, 0.3) is 11.5 Å². The van der Waals surface area contributed by atoms with Gasteiger partial charge in [0.15, 0.2) is 0 Å². The number of sulfonamides is 1. The van der Waals surface area contributed by atoms with Gasteiger partial charge in [-0.2, -0.15) is 21.6 Å². The zero-order valence-electron chi connectivity index (χ0n) is 15.9. The Hall–Kier alpha value is -3.21. The topological polar surface area (TPSA) is 90.7 Å². The number of rotatable bonds is 7. The van der Waals surface area contributed by atoms with Crippen molar-refractivity contribution in [3.05, 3.63) is 60.0 Å². The minimum Gasteiger partial charge on any atom is -0.497 e. The Labute approximate surface area is 170 Å². The van der Waals surface area contributed by atoms with Gasteiger partial charge in [0.1, 0.15) is 29.6 Å². The summed E-state index contributed by atoms with van der Waals surface area (Å²) < 4.78 is 77.7. The highest BCUT2D eigenvalue weighted by Crippen LogP contribution is 2.28. The van der Waals surface area contributed by atoms with Crippen molar-refractivity contribution < 1.29 is 35.5 Å². The van der Waals surface area contributed by atoms with Crippen LogP contribution < -0.4 is 14.2 Å². The Bertz CT molecular complexity index is 1130. The van der Waals surface area contributed by atoms with E-state index in [-0.39, 0.29) is 18.0 Å². The molecular formula is C19H17F3N2O5S. The molecule has 0 aliphatic rings. The number of oxazole rings is 1. The van der Waals surface area contributed by atoms with Crippen LogP contribution in [0.5, 0.6) is 11.5 Å². The molecule has 1 aromatic heterocycles. The van der Waals surface area contributed by atoms with Crippen LogP contribution in [-0.4, -0.2) is 26.0 Å². The normalized spacial score (nSPS) is 11.9. The second-order valence-electron chi connectivity index (χ2n) is 6.12. The third-order valence-corrected chi connectivity index (χ3v) is 5.11. The number of benzene rings is 2. The van der Waals surface area contributed by atoms with E-state index < -0.39 is 15.5 Å². The van der Waals surface area contributed by atoms with E-state index in [1.165, 1.54) is 22.9 Å². The molecule has 0 saturated heterocycles. The average Bonchev–Trinajstić information content (AvgIpc) is 3.06. The summed E-state index contributed by atoms with van der Waals surface area (Å²) in [5, 5.41) is 0. The third kappa shape index (κ3) is 4.85. The van der Waals surface area contributed by atoms with E-state index in [4.69, 9.17) is 13.9 Å². The minimum atomic E-state index is -5.52. The van der Waals surface area contributed by atoms with Crippen molar-refractivity contribution in [2.24, 2.45) is 0 Å². The SMILES string of the molecule is COc1ccc(-c2nc(COc3cccc(NS(=O)(=O)C(F)(F)F)c3)c(C)o2)cc1. The molecule has 11 heteroatoms. The van der Waals surface area contributed by atoms with Crippen molar-refractivity contribution in [3.63, 3.8) is 0 Å². The van der Waals surface area contributed by atoms with Gasteiger partial charge in [0.05, 0.1) is 12.8 Å². The van der Waals surface area contributed by atoms with Crippen molar-refractivity contribution in [2.75, 3.05) is 11.8 Å². The fourth-order valence-electron chi connectivity index (χ4n) is 2.43. The van der Waals surface area contributed by atoms with Crippen LogP contribution in [0.3, 0.4) is 0 Å². The number of aromatic nitrogens is 1. The van der Waals surface area contributed by atoms with Crippen molar-refractivity contribution in [3.8, 4) is 23.0 Å². The Balaban J connectivity index is 1.71. The number of hydrogen-bond donors (Lipinski definition) is 1. The van der Waals surface area contributed by atoms with Crippen LogP contribution in [-0.2, 0) is 16.6 Å². The molecule has 0 aliphatic heterocycles. The number of nitrogens with zero attached hydrogens (tertiary/aromatic N) is 1. The Morgan fingerprint density at radius 1 is 1.10 bits per heavy atom. The summed E-state index contributed by atoms with van der Waals surface area (Å²) in [5.41, 5.74) is -4.48. The van der Waals surface area contributed by atoms with Gasteiger partial charge in [0, 0.05) is 11.6 Å². The first kappa shape index (κ1) is 21.5. The fraction of sp³-hybridized carbons (Fsp3) is 0.211. The number of hydrogen-bond acceptors (Lipinski definition) is 6. The lowest BCUT2D eigenvalue weighted by molar-refractivity contribution is -0.0429. The largest absolute Gasteiger partial charge is 0.516 e. The highest BCUT2D eigenvalue weighted by atomic mass is 32.2. The van der Waals surface area contributed by atoms with Crippen LogP contribution in [0.15, 0.2) is 52.9 Å². The molecule has 0 spiro atoms. The Morgan fingerprint density at radius 3 is 2.43 bits per heavy atom. The quantitative estimate of drug-likeness (QED) is 0.580. The number of ether oxygens (including phenoxy) is 2. The molecule has 1 heterocycles. The summed E-state index contributed by atoms with van der Waals surface area (Å²) in [5.74, 6) is 1.73. The molecule has 0 saturated carbocycles. The first-order valence-corrected chi connectivity index (χ1v) is 10.00. The Kier molecular flexibility index (Phi) is 5.92. The minimum absolute atomic E-state index is 0.0268. The van der Waals surface area contributed by atoms with Gasteiger partial charge in [-0.15, -0.1) is 0 Å². The molecule has 0 radical (unpaired) electrons. The maximum atomic E-state index is 12.5. The summed E-state index contributed by atoms with van der Waals surface area (Å²) in [4.78, 5) is 4.37. The summed E-state index contributed by atoms with van der Waals surface area (Å²) in [6.07, 6.45) is 0. The molecule has 0 atom stereocenters. The van der Waals surface area contributed by atoms with Crippen LogP contribution in [0.4, 0.5) is 18.9 Å². The van der Waals surface area contributed by atoms with E-state index in [0.29, 0.717) is 23.1 Å². The second kappa shape index (κ2) is 8.27. The lowest BCUT2D eigenvalue weighted by atomic mass is 10.2. The lowest BCUT2D eigenvalue weighted by Crippen LogP contribution is -2.29. The van der Waals surface area contributed by atoms with E-state index >= 15 is 0 Å². The third-order valence-electron chi connectivity index (χ3n) is 4.00. The number of anilines is 1. The zero-order valence-corrected chi connectivity index (χ0v) is 16.7. The molecule has 0 unspecified atom stereocenters. The second-order valence-corrected chi connectivity index (χ2v) is 7.79. The van der Waals surface area contributed by atoms with Gasteiger partial charge in [-0.1, -0.05) is 6.07 Å². The maximum Gasteiger partial charge on any atom is 0.516 e. The fourth-order valence-corrected chi connectivity index (χ4v) is 2.99. The highest BCUT2D eigenvalue weighted by molar-refractivity contribution is 7.93. The number of nitrogens with one attached hydrogen (secondary N) is 1. The molecule has 3 aromatic rings. The van der Waals surface area contributed by atoms with Gasteiger partial charge in [0.2, 0.25) is 5.89 Å². The number of aryl methyl sites for hydroxylation is 1. The summed E-state index contributed by atoms with van der Waals surface area (Å²) in [6, 6.07) is 12.3. The predicted octanol–water partition coefficient (Wildman–Crippen LogP) is 4.50. The molecule has 0 fully saturated rings. The molecule has 30 heavy (non-hydrogen) atoms. The average molecular weight is 442 g/mol. The summed E-state index contributed by atoms with van der Waals surface area (Å²) in [7, 11) is -3.96. The van der Waals surface area contributed by atoms with E-state index in [1.54, 1.807) is 38.3 Å². The zero-order chi connectivity index (χ0) is 21.9. The van der Waals surface area contributed by atoms with Crippen LogP contribution in [0.1, 0.15) is 11.5 Å². The van der Waals surface area contributed by atoms with E-state index in [2.05, 4.69) is 4.98 Å². The first-order chi connectivity index (χ1) is 14.1. The van der Waals surface area contributed by atoms with E-state index in [1.807, 2.05) is 0 Å². The number of methoxy groups -OCH3 is 1. The molecule has 7 nitrogen and oxygen atoms in total. The van der Waals surface area contributed by atoms with Gasteiger partial charge in [-0.25, -0.2) is 4.98 Å². The predicted molar refractivity (Wildman–Crippen MR) is 103 cm³/mol. The van der Waals surface area contributed by atoms with Crippen LogP contribution >= 0.6 is 0 Å². The Morgan fingerprint density at radius 2 is 1.80 bits per heavy atom. The van der Waals surface area contributed by atoms with Crippen molar-refractivity contribution >= 4 is 15.7 Å². The molecular weight excluding hydrogens is 425 g/mol. The van der Waals surface area contributed by atoms with Gasteiger partial charge in [0.25, 0.3) is 0 Å².